The molecular formula is C25H27NO4S2. The number of hydrogen-bond acceptors (Lipinski definition) is 4. The van der Waals surface area contributed by atoms with Crippen LogP contribution in [0.2, 0.25) is 0 Å². The van der Waals surface area contributed by atoms with Gasteiger partial charge in [-0.15, -0.1) is 3.77 Å². The quantitative estimate of drug-likeness (QED) is 0.346. The minimum Gasteiger partial charge on any atom is -0.388 e. The van der Waals surface area contributed by atoms with Gasteiger partial charge >= 0.3 is 0 Å². The minimum atomic E-state index is -3.85. The Morgan fingerprint density at radius 2 is 1.59 bits per heavy atom. The highest BCUT2D eigenvalue weighted by Crippen LogP contribution is 2.19. The molecule has 2 atom stereocenters. The molecule has 0 fully saturated rings. The Hall–Kier alpha value is -2.58. The normalized spacial score (nSPS) is 13.9. The zero-order valence-corrected chi connectivity index (χ0v) is 19.5. The van der Waals surface area contributed by atoms with Gasteiger partial charge in [0.2, 0.25) is 0 Å². The maximum atomic E-state index is 12.9. The van der Waals surface area contributed by atoms with Gasteiger partial charge in [-0.2, -0.15) is 8.42 Å². The fourth-order valence-corrected chi connectivity index (χ4v) is 6.33. The molecule has 32 heavy (non-hydrogen) atoms. The van der Waals surface area contributed by atoms with Gasteiger partial charge in [0.1, 0.15) is 0 Å². The number of nitrogens with zero attached hydrogens (tertiary/aromatic N) is 1. The van der Waals surface area contributed by atoms with Gasteiger partial charge < -0.3 is 9.84 Å². The molecule has 3 aromatic carbocycles. The molecule has 0 bridgehead atoms. The summed E-state index contributed by atoms with van der Waals surface area (Å²) in [7, 11) is -4.89. The highest BCUT2D eigenvalue weighted by Gasteiger charge is 2.16. The van der Waals surface area contributed by atoms with Crippen molar-refractivity contribution in [3.8, 4) is 0 Å². The van der Waals surface area contributed by atoms with Crippen molar-refractivity contribution in [2.45, 2.75) is 29.4 Å². The van der Waals surface area contributed by atoms with Crippen molar-refractivity contribution in [2.24, 2.45) is 3.77 Å². The van der Waals surface area contributed by atoms with E-state index in [1.165, 1.54) is 0 Å². The number of rotatable bonds is 10. The van der Waals surface area contributed by atoms with Crippen LogP contribution in [0.4, 0.5) is 0 Å². The molecule has 0 unspecified atom stereocenters. The molecule has 3 aromatic rings. The Balaban J connectivity index is 1.69. The SMILES string of the molecule is Cc1ccc(S(=O)(=O)/N=[S@](\C[C@@H](O)/C=C/COCc2ccccc2)c2ccccc2)cc1. The zero-order valence-electron chi connectivity index (χ0n) is 17.9. The Bertz CT molecular complexity index is 1140. The molecule has 0 aromatic heterocycles. The van der Waals surface area contributed by atoms with Crippen LogP contribution in [0.5, 0.6) is 0 Å². The predicted molar refractivity (Wildman–Crippen MR) is 129 cm³/mol. The van der Waals surface area contributed by atoms with Crippen molar-refractivity contribution < 1.29 is 18.3 Å². The molecule has 0 spiro atoms. The highest BCUT2D eigenvalue weighted by molar-refractivity contribution is 8.00. The predicted octanol–water partition coefficient (Wildman–Crippen LogP) is 4.68. The van der Waals surface area contributed by atoms with Crippen molar-refractivity contribution in [1.82, 2.24) is 0 Å². The first-order valence-corrected chi connectivity index (χ1v) is 13.0. The number of aliphatic hydroxyl groups is 1. The summed E-state index contributed by atoms with van der Waals surface area (Å²) in [6.07, 6.45) is 2.52. The molecule has 0 saturated heterocycles. The van der Waals surface area contributed by atoms with Crippen molar-refractivity contribution in [1.29, 1.82) is 0 Å². The molecule has 168 valence electrons. The fraction of sp³-hybridized carbons (Fsp3) is 0.200. The fourth-order valence-electron chi connectivity index (χ4n) is 2.87. The van der Waals surface area contributed by atoms with Crippen LogP contribution in [0.15, 0.2) is 111 Å². The minimum absolute atomic E-state index is 0.149. The lowest BCUT2D eigenvalue weighted by atomic mass is 10.2. The average molecular weight is 470 g/mol. The molecule has 0 radical (unpaired) electrons. The van der Waals surface area contributed by atoms with Crippen LogP contribution < -0.4 is 0 Å². The van der Waals surface area contributed by atoms with E-state index in [4.69, 9.17) is 4.74 Å². The topological polar surface area (TPSA) is 76.0 Å². The molecule has 0 saturated carbocycles. The van der Waals surface area contributed by atoms with Gasteiger partial charge in [-0.1, -0.05) is 78.4 Å². The van der Waals surface area contributed by atoms with Crippen LogP contribution in [0.25, 0.3) is 0 Å². The van der Waals surface area contributed by atoms with Gasteiger partial charge in [0.25, 0.3) is 10.0 Å². The van der Waals surface area contributed by atoms with Gasteiger partial charge in [-0.3, -0.25) is 0 Å². The lowest BCUT2D eigenvalue weighted by Crippen LogP contribution is -2.15. The third kappa shape index (κ3) is 7.53. The summed E-state index contributed by atoms with van der Waals surface area (Å²) in [5.41, 5.74) is 2.05. The number of aliphatic hydroxyl groups excluding tert-OH is 1. The third-order valence-corrected chi connectivity index (χ3v) is 8.38. The van der Waals surface area contributed by atoms with E-state index in [1.54, 1.807) is 36.4 Å². The first kappa shape index (κ1) is 24.1. The zero-order chi connectivity index (χ0) is 22.8. The summed E-state index contributed by atoms with van der Waals surface area (Å²) >= 11 is 0. The van der Waals surface area contributed by atoms with Crippen LogP contribution in [0.3, 0.4) is 0 Å². The second-order valence-corrected chi connectivity index (χ2v) is 10.8. The van der Waals surface area contributed by atoms with Gasteiger partial charge in [-0.25, -0.2) is 0 Å². The number of aryl methyl sites for hydroxylation is 1. The molecule has 0 aliphatic heterocycles. The van der Waals surface area contributed by atoms with Crippen molar-refractivity contribution in [2.75, 3.05) is 12.4 Å². The molecule has 1 N–H and O–H groups in total. The Morgan fingerprint density at radius 1 is 0.969 bits per heavy atom. The largest absolute Gasteiger partial charge is 0.388 e. The summed E-state index contributed by atoms with van der Waals surface area (Å²) < 4.78 is 35.5. The molecule has 0 heterocycles. The summed E-state index contributed by atoms with van der Waals surface area (Å²) in [5.74, 6) is 0.171. The molecular weight excluding hydrogens is 442 g/mol. The number of hydrogen-bond donors (Lipinski definition) is 1. The van der Waals surface area contributed by atoms with E-state index < -0.39 is 26.8 Å². The number of benzene rings is 3. The highest BCUT2D eigenvalue weighted by atomic mass is 32.3. The summed E-state index contributed by atoms with van der Waals surface area (Å²) in [6, 6.07) is 25.6. The Labute approximate surface area is 192 Å². The smallest absolute Gasteiger partial charge is 0.288 e. The van der Waals surface area contributed by atoms with Crippen LogP contribution in [0.1, 0.15) is 11.1 Å². The Morgan fingerprint density at radius 3 is 2.25 bits per heavy atom. The van der Waals surface area contributed by atoms with Gasteiger partial charge in [0, 0.05) is 10.6 Å². The van der Waals surface area contributed by atoms with E-state index in [-0.39, 0.29) is 10.6 Å². The molecule has 0 amide bonds. The molecule has 7 heteroatoms. The monoisotopic (exact) mass is 469 g/mol. The van der Waals surface area contributed by atoms with Crippen LogP contribution in [-0.2, 0) is 32.1 Å². The molecule has 0 aliphatic rings. The van der Waals surface area contributed by atoms with E-state index in [0.29, 0.717) is 13.2 Å². The van der Waals surface area contributed by atoms with Crippen molar-refractivity contribution in [3.05, 3.63) is 108 Å². The molecule has 5 nitrogen and oxygen atoms in total. The van der Waals surface area contributed by atoms with Crippen molar-refractivity contribution >= 4 is 20.7 Å². The van der Waals surface area contributed by atoms with Crippen molar-refractivity contribution in [3.63, 3.8) is 0 Å². The van der Waals surface area contributed by atoms with E-state index in [2.05, 4.69) is 3.77 Å². The van der Waals surface area contributed by atoms with E-state index in [1.807, 2.05) is 67.6 Å². The van der Waals surface area contributed by atoms with Gasteiger partial charge in [0.05, 0.1) is 24.2 Å². The third-order valence-electron chi connectivity index (χ3n) is 4.53. The average Bonchev–Trinajstić information content (AvgIpc) is 2.80. The second-order valence-electron chi connectivity index (χ2n) is 7.20. The number of sulfonamides is 1. The maximum absolute atomic E-state index is 12.9. The summed E-state index contributed by atoms with van der Waals surface area (Å²) in [5, 5.41) is 10.5. The Kier molecular flexibility index (Phi) is 8.93. The second kappa shape index (κ2) is 11.9. The summed E-state index contributed by atoms with van der Waals surface area (Å²) in [6.45, 7) is 2.73. The van der Waals surface area contributed by atoms with Crippen LogP contribution >= 0.6 is 0 Å². The van der Waals surface area contributed by atoms with E-state index in [0.717, 1.165) is 16.0 Å². The van der Waals surface area contributed by atoms with Crippen LogP contribution in [-0.4, -0.2) is 32.0 Å². The lowest BCUT2D eigenvalue weighted by molar-refractivity contribution is 0.147. The van der Waals surface area contributed by atoms with E-state index >= 15 is 0 Å². The summed E-state index contributed by atoms with van der Waals surface area (Å²) in [4.78, 5) is 0.909. The van der Waals surface area contributed by atoms with Gasteiger partial charge in [0.15, 0.2) is 0 Å². The standard InChI is InChI=1S/C25H27NO4S2/c1-21-14-16-25(17-15-21)32(28,29)26-31(24-12-6-3-7-13-24)20-23(27)11-8-18-30-19-22-9-4-2-5-10-22/h2-17,23,27H,18-20H2,1H3/b11-8+/t23-,31+/m0/s1. The molecule has 0 aliphatic carbocycles. The lowest BCUT2D eigenvalue weighted by Gasteiger charge is -2.12. The number of ether oxygens (including phenoxy) is 1. The first-order chi connectivity index (χ1) is 15.4. The van der Waals surface area contributed by atoms with Gasteiger partial charge in [-0.05, 0) is 47.4 Å². The maximum Gasteiger partial charge on any atom is 0.288 e. The molecule has 3 rings (SSSR count). The van der Waals surface area contributed by atoms with Crippen LogP contribution in [0, 0.1) is 6.92 Å². The first-order valence-electron chi connectivity index (χ1n) is 10.2. The van der Waals surface area contributed by atoms with E-state index in [9.17, 15) is 13.5 Å².